The molecule has 2 aromatic rings. The van der Waals surface area contributed by atoms with E-state index in [9.17, 15) is 13.2 Å². The predicted octanol–water partition coefficient (Wildman–Crippen LogP) is 4.29. The molecule has 2 fully saturated rings. The summed E-state index contributed by atoms with van der Waals surface area (Å²) in [5.74, 6) is -0.448. The van der Waals surface area contributed by atoms with Gasteiger partial charge in [0.05, 0.1) is 7.11 Å². The van der Waals surface area contributed by atoms with Crippen LogP contribution in [-0.2, 0) is 31.5 Å². The first kappa shape index (κ1) is 25.6. The van der Waals surface area contributed by atoms with Crippen LogP contribution in [0.2, 0.25) is 0 Å². The molecule has 2 aromatic carbocycles. The fraction of sp³-hybridized carbons (Fsp3) is 0.500. The zero-order chi connectivity index (χ0) is 25.1. The highest BCUT2D eigenvalue weighted by atomic mass is 32.2. The monoisotopic (exact) mass is 504 g/mol. The first-order valence-electron chi connectivity index (χ1n) is 12.0. The molecule has 0 saturated carbocycles. The molecule has 2 atom stereocenters. The van der Waals surface area contributed by atoms with Crippen LogP contribution in [0.25, 0.3) is 0 Å². The van der Waals surface area contributed by atoms with Gasteiger partial charge in [0.2, 0.25) is 10.0 Å². The van der Waals surface area contributed by atoms with Crippen molar-refractivity contribution in [3.05, 3.63) is 71.0 Å². The number of alkyl carbamates (subject to hydrolysis) is 1. The molecule has 190 valence electrons. The highest BCUT2D eigenvalue weighted by molar-refractivity contribution is 7.89. The number of carbonyl (C=O) groups excluding carboxylic acids is 1. The molecule has 7 nitrogen and oxygen atoms in total. The highest BCUT2D eigenvalue weighted by Crippen LogP contribution is 2.39. The number of hydrogen-bond acceptors (Lipinski definition) is 5. The molecule has 4 rings (SSSR count). The van der Waals surface area contributed by atoms with Crippen LogP contribution in [0.4, 0.5) is 9.18 Å². The summed E-state index contributed by atoms with van der Waals surface area (Å²) in [4.78, 5) is 11.7. The number of benzene rings is 2. The number of nitrogens with zero attached hydrogens (tertiary/aromatic N) is 1. The second kappa shape index (κ2) is 10.6. The molecule has 2 aliphatic rings. The minimum Gasteiger partial charge on any atom is -0.453 e. The molecule has 2 saturated heterocycles. The Morgan fingerprint density at radius 1 is 1.17 bits per heavy atom. The van der Waals surface area contributed by atoms with Crippen molar-refractivity contribution in [2.24, 2.45) is 0 Å². The van der Waals surface area contributed by atoms with Crippen LogP contribution in [0.15, 0.2) is 48.5 Å². The molecule has 2 heterocycles. The Bertz CT molecular complexity index is 1140. The Labute approximate surface area is 206 Å². The van der Waals surface area contributed by atoms with Crippen LogP contribution in [0.1, 0.15) is 54.5 Å². The number of carbonyl (C=O) groups is 1. The number of hydrogen-bond donors (Lipinski definition) is 1. The van der Waals surface area contributed by atoms with Gasteiger partial charge in [0.25, 0.3) is 0 Å². The maximum Gasteiger partial charge on any atom is 0.406 e. The molecule has 0 aliphatic carbocycles. The lowest BCUT2D eigenvalue weighted by atomic mass is 9.74. The summed E-state index contributed by atoms with van der Waals surface area (Å²) in [5.41, 5.74) is 1.38. The van der Waals surface area contributed by atoms with Gasteiger partial charge in [-0.05, 0) is 49.8 Å². The number of nitrogens with one attached hydrogen (secondary N) is 1. The number of sulfonamides is 1. The van der Waals surface area contributed by atoms with Gasteiger partial charge in [-0.3, -0.25) is 0 Å². The van der Waals surface area contributed by atoms with Gasteiger partial charge in [-0.2, -0.15) is 4.31 Å². The standard InChI is InChI=1S/C26H33FN2O5S/c1-19-8-11-24(20-6-4-3-5-7-20)35(31,32)29(19)17-21-9-10-22(16-23(21)27)26(12-14-34-15-13-26)18-28-25(30)33-2/h3-7,9-10,16,19,24H,8,11-15,17-18H2,1-2H3,(H,28,30)/t19-,24+/m0/s1. The Morgan fingerprint density at radius 3 is 2.54 bits per heavy atom. The molecular formula is C26H33FN2O5S. The lowest BCUT2D eigenvalue weighted by Gasteiger charge is -2.39. The summed E-state index contributed by atoms with van der Waals surface area (Å²) in [6.07, 6.45) is 1.98. The molecule has 1 N–H and O–H groups in total. The third kappa shape index (κ3) is 5.37. The smallest absolute Gasteiger partial charge is 0.406 e. The van der Waals surface area contributed by atoms with Gasteiger partial charge in [0, 0.05) is 43.3 Å². The molecular weight excluding hydrogens is 471 g/mol. The minimum absolute atomic E-state index is 0.0184. The second-order valence-electron chi connectivity index (χ2n) is 9.46. The zero-order valence-corrected chi connectivity index (χ0v) is 21.0. The second-order valence-corrected chi connectivity index (χ2v) is 11.5. The molecule has 0 radical (unpaired) electrons. The van der Waals surface area contributed by atoms with Crippen molar-refractivity contribution < 1.29 is 27.1 Å². The van der Waals surface area contributed by atoms with E-state index < -0.39 is 32.6 Å². The van der Waals surface area contributed by atoms with Gasteiger partial charge in [-0.25, -0.2) is 17.6 Å². The van der Waals surface area contributed by atoms with Crippen molar-refractivity contribution in [1.29, 1.82) is 0 Å². The molecule has 0 unspecified atom stereocenters. The largest absolute Gasteiger partial charge is 0.453 e. The number of methoxy groups -OCH3 is 1. The van der Waals surface area contributed by atoms with Gasteiger partial charge in [0.15, 0.2) is 0 Å². The molecule has 0 aromatic heterocycles. The van der Waals surface area contributed by atoms with Crippen molar-refractivity contribution in [3.8, 4) is 0 Å². The summed E-state index contributed by atoms with van der Waals surface area (Å²) in [5, 5.41) is 2.12. The minimum atomic E-state index is -3.66. The van der Waals surface area contributed by atoms with Crippen LogP contribution in [0.5, 0.6) is 0 Å². The summed E-state index contributed by atoms with van der Waals surface area (Å²) in [7, 11) is -2.35. The number of rotatable bonds is 6. The number of ether oxygens (including phenoxy) is 2. The van der Waals surface area contributed by atoms with Gasteiger partial charge in [-0.1, -0.05) is 42.5 Å². The zero-order valence-electron chi connectivity index (χ0n) is 20.2. The van der Waals surface area contributed by atoms with E-state index in [4.69, 9.17) is 9.47 Å². The Balaban J connectivity index is 1.58. The molecule has 9 heteroatoms. The number of amides is 1. The molecule has 0 bridgehead atoms. The summed E-state index contributed by atoms with van der Waals surface area (Å²) >= 11 is 0. The number of halogens is 1. The van der Waals surface area contributed by atoms with Gasteiger partial charge in [0.1, 0.15) is 11.1 Å². The van der Waals surface area contributed by atoms with E-state index in [0.29, 0.717) is 51.0 Å². The average Bonchev–Trinajstić information content (AvgIpc) is 2.86. The lowest BCUT2D eigenvalue weighted by Crippen LogP contribution is -2.45. The molecule has 35 heavy (non-hydrogen) atoms. The van der Waals surface area contributed by atoms with Crippen molar-refractivity contribution in [3.63, 3.8) is 0 Å². The van der Waals surface area contributed by atoms with Crippen LogP contribution in [0, 0.1) is 5.82 Å². The van der Waals surface area contributed by atoms with Gasteiger partial charge < -0.3 is 14.8 Å². The van der Waals surface area contributed by atoms with Crippen LogP contribution >= 0.6 is 0 Å². The van der Waals surface area contributed by atoms with E-state index in [1.165, 1.54) is 17.5 Å². The van der Waals surface area contributed by atoms with Crippen LogP contribution in [-0.4, -0.2) is 51.7 Å². The van der Waals surface area contributed by atoms with Crippen molar-refractivity contribution >= 4 is 16.1 Å². The van der Waals surface area contributed by atoms with Gasteiger partial charge >= 0.3 is 6.09 Å². The van der Waals surface area contributed by atoms with Crippen molar-refractivity contribution in [1.82, 2.24) is 9.62 Å². The molecule has 0 spiro atoms. The quantitative estimate of drug-likeness (QED) is 0.635. The topological polar surface area (TPSA) is 84.9 Å². The molecule has 2 aliphatic heterocycles. The molecule has 1 amide bonds. The third-order valence-corrected chi connectivity index (χ3v) is 9.76. The Hall–Kier alpha value is -2.49. The predicted molar refractivity (Wildman–Crippen MR) is 131 cm³/mol. The first-order chi connectivity index (χ1) is 16.8. The Morgan fingerprint density at radius 2 is 1.89 bits per heavy atom. The SMILES string of the molecule is COC(=O)NCC1(c2ccc(CN3[C@@H](C)CC[C@H](c4ccccc4)S3(=O)=O)c(F)c2)CCOCC1. The summed E-state index contributed by atoms with van der Waals surface area (Å²) < 4.78 is 54.1. The average molecular weight is 505 g/mol. The fourth-order valence-electron chi connectivity index (χ4n) is 5.17. The maximum absolute atomic E-state index is 15.4. The van der Waals surface area contributed by atoms with Gasteiger partial charge in [-0.15, -0.1) is 0 Å². The van der Waals surface area contributed by atoms with Crippen LogP contribution < -0.4 is 5.32 Å². The van der Waals surface area contributed by atoms with Crippen molar-refractivity contribution in [2.75, 3.05) is 26.9 Å². The lowest BCUT2D eigenvalue weighted by molar-refractivity contribution is 0.0493. The van der Waals surface area contributed by atoms with Crippen LogP contribution in [0.3, 0.4) is 0 Å². The van der Waals surface area contributed by atoms with Crippen molar-refractivity contribution in [2.45, 2.75) is 55.9 Å². The maximum atomic E-state index is 15.4. The van der Waals surface area contributed by atoms with E-state index in [2.05, 4.69) is 5.32 Å². The summed E-state index contributed by atoms with van der Waals surface area (Å²) in [6, 6.07) is 14.0. The first-order valence-corrected chi connectivity index (χ1v) is 13.5. The van der Waals surface area contributed by atoms with E-state index in [0.717, 1.165) is 11.1 Å². The highest BCUT2D eigenvalue weighted by Gasteiger charge is 2.41. The fourth-order valence-corrected chi connectivity index (χ4v) is 7.36. The normalized spacial score (nSPS) is 24.0. The summed E-state index contributed by atoms with van der Waals surface area (Å²) in [6.45, 7) is 3.18. The van der Waals surface area contributed by atoms with E-state index >= 15 is 4.39 Å². The van der Waals surface area contributed by atoms with E-state index in [-0.39, 0.29) is 12.6 Å². The third-order valence-electron chi connectivity index (χ3n) is 7.39. The van der Waals surface area contributed by atoms with E-state index in [1.807, 2.05) is 43.3 Å². The van der Waals surface area contributed by atoms with E-state index in [1.54, 1.807) is 6.07 Å². The Kier molecular flexibility index (Phi) is 7.78.